The first-order valence-corrected chi connectivity index (χ1v) is 8.49. The molecule has 1 aromatic rings. The molecule has 10 heteroatoms. The minimum atomic E-state index is -4.87. The largest absolute Gasteiger partial charge is 0.573 e. The average Bonchev–Trinajstić information content (AvgIpc) is 2.43. The Bertz CT molecular complexity index is 656. The summed E-state index contributed by atoms with van der Waals surface area (Å²) in [4.78, 5) is 11.5. The van der Waals surface area contributed by atoms with E-state index in [9.17, 15) is 26.4 Å². The van der Waals surface area contributed by atoms with Gasteiger partial charge in [-0.25, -0.2) is 8.42 Å². The number of ether oxygens (including phenoxy) is 2. The molecular weight excluding hydrogens is 351 g/mol. The van der Waals surface area contributed by atoms with E-state index in [0.29, 0.717) is 0 Å². The van der Waals surface area contributed by atoms with Crippen LogP contribution >= 0.6 is 0 Å². The maximum absolute atomic E-state index is 12.3. The van der Waals surface area contributed by atoms with E-state index >= 15 is 0 Å². The Labute approximate surface area is 138 Å². The van der Waals surface area contributed by atoms with Crippen molar-refractivity contribution in [3.8, 4) is 5.75 Å². The lowest BCUT2D eigenvalue weighted by atomic mass is 10.1. The Kier molecular flexibility index (Phi) is 6.61. The first-order valence-electron chi connectivity index (χ1n) is 7.01. The number of esters is 1. The molecule has 0 heterocycles. The second kappa shape index (κ2) is 7.84. The van der Waals surface area contributed by atoms with E-state index in [1.54, 1.807) is 20.8 Å². The molecule has 1 atom stereocenters. The van der Waals surface area contributed by atoms with Gasteiger partial charge >= 0.3 is 12.3 Å². The number of sulfonamides is 1. The Morgan fingerprint density at radius 1 is 1.21 bits per heavy atom. The normalized spacial score (nSPS) is 13.6. The number of rotatable bonds is 7. The molecule has 0 aliphatic carbocycles. The molecule has 0 fully saturated rings. The van der Waals surface area contributed by atoms with E-state index in [0.717, 1.165) is 24.3 Å². The van der Waals surface area contributed by atoms with Crippen LogP contribution in [0.1, 0.15) is 20.8 Å². The molecule has 1 aromatic carbocycles. The van der Waals surface area contributed by atoms with Crippen molar-refractivity contribution in [2.24, 2.45) is 5.92 Å². The molecule has 0 bridgehead atoms. The topological polar surface area (TPSA) is 81.7 Å². The number of carbonyl (C=O) groups is 1. The summed E-state index contributed by atoms with van der Waals surface area (Å²) in [7, 11) is -4.12. The molecule has 1 N–H and O–H groups in total. The summed E-state index contributed by atoms with van der Waals surface area (Å²) in [5, 5.41) is 0. The standard InChI is InChI=1S/C14H18F3NO5S/c1-4-22-13(19)12(9(2)3)18-24(20,21)11-7-5-10(6-8-11)23-14(15,16)17/h5-9,12,18H,4H2,1-3H3/t12-/m1/s1. The molecule has 0 aliphatic heterocycles. The first-order chi connectivity index (χ1) is 11.0. The molecule has 0 spiro atoms. The Morgan fingerprint density at radius 3 is 2.17 bits per heavy atom. The van der Waals surface area contributed by atoms with Crippen LogP contribution in [0.25, 0.3) is 0 Å². The monoisotopic (exact) mass is 369 g/mol. The zero-order chi connectivity index (χ0) is 18.5. The van der Waals surface area contributed by atoms with Crippen LogP contribution in [0.5, 0.6) is 5.75 Å². The van der Waals surface area contributed by atoms with Crippen molar-refractivity contribution in [3.05, 3.63) is 24.3 Å². The van der Waals surface area contributed by atoms with Crippen molar-refractivity contribution in [1.29, 1.82) is 0 Å². The van der Waals surface area contributed by atoms with Crippen molar-refractivity contribution >= 4 is 16.0 Å². The number of halogens is 3. The molecule has 0 amide bonds. The number of hydrogen-bond donors (Lipinski definition) is 1. The van der Waals surface area contributed by atoms with Crippen LogP contribution < -0.4 is 9.46 Å². The summed E-state index contributed by atoms with van der Waals surface area (Å²) >= 11 is 0. The minimum absolute atomic E-state index is 0.0905. The highest BCUT2D eigenvalue weighted by Gasteiger charge is 2.32. The van der Waals surface area contributed by atoms with Gasteiger partial charge in [-0.05, 0) is 37.1 Å². The van der Waals surface area contributed by atoms with Gasteiger partial charge in [-0.15, -0.1) is 13.2 Å². The molecular formula is C14H18F3NO5S. The van der Waals surface area contributed by atoms with Crippen LogP contribution in [-0.2, 0) is 19.6 Å². The maximum atomic E-state index is 12.3. The van der Waals surface area contributed by atoms with Crippen LogP contribution in [0.15, 0.2) is 29.2 Å². The van der Waals surface area contributed by atoms with E-state index in [4.69, 9.17) is 4.74 Å². The number of benzene rings is 1. The summed E-state index contributed by atoms with van der Waals surface area (Å²) in [6, 6.07) is 2.53. The fraction of sp³-hybridized carbons (Fsp3) is 0.500. The third-order valence-corrected chi connectivity index (χ3v) is 4.31. The van der Waals surface area contributed by atoms with Gasteiger partial charge in [0.15, 0.2) is 0 Å². The van der Waals surface area contributed by atoms with Crippen LogP contribution in [0.3, 0.4) is 0 Å². The van der Waals surface area contributed by atoms with Crippen molar-refractivity contribution in [3.63, 3.8) is 0 Å². The second-order valence-electron chi connectivity index (χ2n) is 5.11. The number of hydrogen-bond acceptors (Lipinski definition) is 5. The van der Waals surface area contributed by atoms with Crippen LogP contribution in [0.4, 0.5) is 13.2 Å². The molecule has 0 aliphatic rings. The van der Waals surface area contributed by atoms with Crippen LogP contribution in [-0.4, -0.2) is 33.4 Å². The molecule has 0 radical (unpaired) electrons. The maximum Gasteiger partial charge on any atom is 0.573 e. The van der Waals surface area contributed by atoms with Gasteiger partial charge in [0, 0.05) is 0 Å². The van der Waals surface area contributed by atoms with Crippen molar-refractivity contribution < 1.29 is 35.9 Å². The Balaban J connectivity index is 2.96. The number of alkyl halides is 3. The lowest BCUT2D eigenvalue weighted by Gasteiger charge is -2.20. The van der Waals surface area contributed by atoms with Gasteiger partial charge in [-0.2, -0.15) is 4.72 Å². The van der Waals surface area contributed by atoms with E-state index in [-0.39, 0.29) is 17.4 Å². The van der Waals surface area contributed by atoms with Gasteiger partial charge < -0.3 is 9.47 Å². The minimum Gasteiger partial charge on any atom is -0.465 e. The lowest BCUT2D eigenvalue weighted by molar-refractivity contribution is -0.274. The molecule has 0 saturated carbocycles. The smallest absolute Gasteiger partial charge is 0.465 e. The summed E-state index contributed by atoms with van der Waals surface area (Å²) in [5.41, 5.74) is 0. The van der Waals surface area contributed by atoms with E-state index < -0.39 is 34.1 Å². The summed E-state index contributed by atoms with van der Waals surface area (Å²) in [5.74, 6) is -1.66. The highest BCUT2D eigenvalue weighted by atomic mass is 32.2. The highest BCUT2D eigenvalue weighted by molar-refractivity contribution is 7.89. The highest BCUT2D eigenvalue weighted by Crippen LogP contribution is 2.24. The summed E-state index contributed by atoms with van der Waals surface area (Å²) in [6.07, 6.45) is -4.87. The van der Waals surface area contributed by atoms with Crippen molar-refractivity contribution in [2.75, 3.05) is 6.61 Å². The lowest BCUT2D eigenvalue weighted by Crippen LogP contribution is -2.45. The molecule has 6 nitrogen and oxygen atoms in total. The van der Waals surface area contributed by atoms with Gasteiger partial charge in [0.2, 0.25) is 10.0 Å². The molecule has 1 rings (SSSR count). The van der Waals surface area contributed by atoms with Crippen molar-refractivity contribution in [2.45, 2.75) is 38.1 Å². The number of nitrogens with one attached hydrogen (secondary N) is 1. The van der Waals surface area contributed by atoms with Crippen LogP contribution in [0.2, 0.25) is 0 Å². The first kappa shape index (κ1) is 20.2. The molecule has 0 saturated heterocycles. The number of carbonyl (C=O) groups excluding carboxylic acids is 1. The predicted octanol–water partition coefficient (Wildman–Crippen LogP) is 2.45. The molecule has 0 unspecified atom stereocenters. The molecule has 0 aromatic heterocycles. The zero-order valence-electron chi connectivity index (χ0n) is 13.3. The fourth-order valence-electron chi connectivity index (χ4n) is 1.74. The third-order valence-electron chi connectivity index (χ3n) is 2.86. The van der Waals surface area contributed by atoms with E-state index in [1.807, 2.05) is 0 Å². The van der Waals surface area contributed by atoms with Crippen LogP contribution in [0, 0.1) is 5.92 Å². The zero-order valence-corrected chi connectivity index (χ0v) is 14.1. The molecule has 24 heavy (non-hydrogen) atoms. The van der Waals surface area contributed by atoms with Gasteiger partial charge in [0.1, 0.15) is 11.8 Å². The second-order valence-corrected chi connectivity index (χ2v) is 6.83. The quantitative estimate of drug-likeness (QED) is 0.747. The predicted molar refractivity (Wildman–Crippen MR) is 78.7 cm³/mol. The van der Waals surface area contributed by atoms with Gasteiger partial charge in [0.05, 0.1) is 11.5 Å². The van der Waals surface area contributed by atoms with Gasteiger partial charge in [-0.1, -0.05) is 13.8 Å². The van der Waals surface area contributed by atoms with Crippen molar-refractivity contribution in [1.82, 2.24) is 4.72 Å². The SMILES string of the molecule is CCOC(=O)[C@H](NS(=O)(=O)c1ccc(OC(F)(F)F)cc1)C(C)C. The Morgan fingerprint density at radius 2 is 1.75 bits per heavy atom. The summed E-state index contributed by atoms with van der Waals surface area (Å²) < 4.78 is 71.5. The van der Waals surface area contributed by atoms with Gasteiger partial charge in [0.25, 0.3) is 0 Å². The van der Waals surface area contributed by atoms with Gasteiger partial charge in [-0.3, -0.25) is 4.79 Å². The fourth-order valence-corrected chi connectivity index (χ4v) is 3.08. The average molecular weight is 369 g/mol. The molecule has 136 valence electrons. The Hall–Kier alpha value is -1.81. The van der Waals surface area contributed by atoms with E-state index in [2.05, 4.69) is 9.46 Å². The summed E-state index contributed by atoms with van der Waals surface area (Å²) in [6.45, 7) is 4.94. The third kappa shape index (κ3) is 6.00. The van der Waals surface area contributed by atoms with E-state index in [1.165, 1.54) is 0 Å².